The van der Waals surface area contributed by atoms with Gasteiger partial charge in [-0.3, -0.25) is 4.98 Å². The van der Waals surface area contributed by atoms with Gasteiger partial charge in [0.2, 0.25) is 0 Å². The van der Waals surface area contributed by atoms with Crippen molar-refractivity contribution in [3.05, 3.63) is 12.4 Å². The Bertz CT molecular complexity index is 387. The molecule has 18 heavy (non-hydrogen) atoms. The number of nitrogens with one attached hydrogen (secondary N) is 1. The first-order valence-electron chi connectivity index (χ1n) is 7.04. The van der Waals surface area contributed by atoms with Gasteiger partial charge in [0.15, 0.2) is 0 Å². The monoisotopic (exact) mass is 248 g/mol. The minimum atomic E-state index is 0.482. The average molecular weight is 248 g/mol. The molecule has 1 aromatic rings. The van der Waals surface area contributed by atoms with Crippen LogP contribution in [-0.4, -0.2) is 29.6 Å². The third-order valence-corrected chi connectivity index (χ3v) is 4.24. The van der Waals surface area contributed by atoms with Crippen molar-refractivity contribution in [2.45, 2.75) is 40.0 Å². The maximum atomic E-state index is 4.63. The molecule has 1 saturated heterocycles. The van der Waals surface area contributed by atoms with E-state index in [0.29, 0.717) is 5.41 Å². The van der Waals surface area contributed by atoms with Crippen molar-refractivity contribution in [2.24, 2.45) is 5.41 Å². The number of nitrogens with zero attached hydrogens (tertiary/aromatic N) is 3. The van der Waals surface area contributed by atoms with Crippen molar-refractivity contribution in [1.82, 2.24) is 9.97 Å². The van der Waals surface area contributed by atoms with E-state index in [2.05, 4.69) is 41.0 Å². The summed E-state index contributed by atoms with van der Waals surface area (Å²) in [6.45, 7) is 9.77. The molecule has 4 heteroatoms. The summed E-state index contributed by atoms with van der Waals surface area (Å²) < 4.78 is 0. The van der Waals surface area contributed by atoms with Crippen LogP contribution in [0.4, 0.5) is 11.6 Å². The van der Waals surface area contributed by atoms with Crippen LogP contribution in [0.15, 0.2) is 12.4 Å². The molecule has 0 spiro atoms. The molecule has 4 nitrogen and oxygen atoms in total. The third kappa shape index (κ3) is 2.57. The van der Waals surface area contributed by atoms with E-state index in [-0.39, 0.29) is 0 Å². The van der Waals surface area contributed by atoms with Crippen molar-refractivity contribution < 1.29 is 0 Å². The summed E-state index contributed by atoms with van der Waals surface area (Å²) in [5.74, 6) is 1.89. The Labute approximate surface area is 110 Å². The van der Waals surface area contributed by atoms with Crippen molar-refractivity contribution in [2.75, 3.05) is 29.9 Å². The van der Waals surface area contributed by atoms with Crippen LogP contribution >= 0.6 is 0 Å². The maximum absolute atomic E-state index is 4.63. The van der Waals surface area contributed by atoms with Gasteiger partial charge >= 0.3 is 0 Å². The quantitative estimate of drug-likeness (QED) is 0.870. The Kier molecular flexibility index (Phi) is 4.04. The first kappa shape index (κ1) is 13.1. The zero-order chi connectivity index (χ0) is 13.0. The first-order valence-corrected chi connectivity index (χ1v) is 7.04. The molecule has 1 aliphatic rings. The van der Waals surface area contributed by atoms with Gasteiger partial charge in [0.05, 0.1) is 12.4 Å². The van der Waals surface area contributed by atoms with E-state index in [4.69, 9.17) is 0 Å². The highest BCUT2D eigenvalue weighted by atomic mass is 15.2. The molecule has 0 aromatic carbocycles. The van der Waals surface area contributed by atoms with Gasteiger partial charge in [0.1, 0.15) is 11.6 Å². The number of anilines is 2. The molecule has 1 N–H and O–H groups in total. The molecule has 0 radical (unpaired) electrons. The van der Waals surface area contributed by atoms with Crippen LogP contribution in [0, 0.1) is 5.41 Å². The van der Waals surface area contributed by atoms with Gasteiger partial charge in [-0.05, 0) is 31.6 Å². The van der Waals surface area contributed by atoms with Crippen LogP contribution in [0.2, 0.25) is 0 Å². The predicted molar refractivity (Wildman–Crippen MR) is 76.0 cm³/mol. The lowest BCUT2D eigenvalue weighted by molar-refractivity contribution is 0.301. The van der Waals surface area contributed by atoms with Crippen molar-refractivity contribution in [3.8, 4) is 0 Å². The number of aromatic nitrogens is 2. The maximum Gasteiger partial charge on any atom is 0.149 e. The van der Waals surface area contributed by atoms with Crippen LogP contribution in [0.25, 0.3) is 0 Å². The van der Waals surface area contributed by atoms with E-state index >= 15 is 0 Å². The second-order valence-corrected chi connectivity index (χ2v) is 5.17. The lowest BCUT2D eigenvalue weighted by atomic mass is 9.82. The minimum absolute atomic E-state index is 0.482. The fourth-order valence-electron chi connectivity index (χ4n) is 2.73. The van der Waals surface area contributed by atoms with Gasteiger partial charge in [0.25, 0.3) is 0 Å². The van der Waals surface area contributed by atoms with Crippen LogP contribution in [0.3, 0.4) is 0 Å². The fraction of sp³-hybridized carbons (Fsp3) is 0.714. The Balaban J connectivity index is 2.11. The molecule has 0 aliphatic carbocycles. The van der Waals surface area contributed by atoms with Gasteiger partial charge in [-0.25, -0.2) is 4.98 Å². The standard InChI is InChI=1S/C14H24N4/c1-4-14(5-2)7-8-18(11-14)13-10-15-9-12(17-13)16-6-3/h9-10H,4-8,11H2,1-3H3,(H,16,17). The molecule has 1 aliphatic heterocycles. The molecule has 0 atom stereocenters. The summed E-state index contributed by atoms with van der Waals surface area (Å²) in [5.41, 5.74) is 0.482. The van der Waals surface area contributed by atoms with E-state index in [0.717, 1.165) is 31.3 Å². The van der Waals surface area contributed by atoms with E-state index in [9.17, 15) is 0 Å². The Morgan fingerprint density at radius 2 is 2.06 bits per heavy atom. The molecular formula is C14H24N4. The number of rotatable bonds is 5. The Morgan fingerprint density at radius 3 is 2.67 bits per heavy atom. The van der Waals surface area contributed by atoms with Crippen LogP contribution in [-0.2, 0) is 0 Å². The van der Waals surface area contributed by atoms with E-state index in [1.807, 2.05) is 6.20 Å². The molecule has 2 rings (SSSR count). The van der Waals surface area contributed by atoms with Gasteiger partial charge in [-0.2, -0.15) is 0 Å². The third-order valence-electron chi connectivity index (χ3n) is 4.24. The lowest BCUT2D eigenvalue weighted by Crippen LogP contribution is -2.27. The van der Waals surface area contributed by atoms with Gasteiger partial charge in [0, 0.05) is 19.6 Å². The Hall–Kier alpha value is -1.32. The van der Waals surface area contributed by atoms with E-state index < -0.39 is 0 Å². The molecule has 0 amide bonds. The Morgan fingerprint density at radius 1 is 1.28 bits per heavy atom. The topological polar surface area (TPSA) is 41.1 Å². The summed E-state index contributed by atoms with van der Waals surface area (Å²) >= 11 is 0. The molecule has 100 valence electrons. The normalized spacial score (nSPS) is 18.1. The number of hydrogen-bond donors (Lipinski definition) is 1. The minimum Gasteiger partial charge on any atom is -0.369 e. The summed E-state index contributed by atoms with van der Waals surface area (Å²) in [7, 11) is 0. The van der Waals surface area contributed by atoms with Gasteiger partial charge in [-0.15, -0.1) is 0 Å². The zero-order valence-corrected chi connectivity index (χ0v) is 11.7. The van der Waals surface area contributed by atoms with Crippen molar-refractivity contribution in [1.29, 1.82) is 0 Å². The summed E-state index contributed by atoms with van der Waals surface area (Å²) in [4.78, 5) is 11.3. The first-order chi connectivity index (χ1) is 8.73. The highest BCUT2D eigenvalue weighted by molar-refractivity contribution is 5.45. The second-order valence-electron chi connectivity index (χ2n) is 5.17. The van der Waals surface area contributed by atoms with Crippen LogP contribution in [0.5, 0.6) is 0 Å². The second kappa shape index (κ2) is 5.55. The van der Waals surface area contributed by atoms with E-state index in [1.54, 1.807) is 6.20 Å². The molecule has 0 unspecified atom stereocenters. The highest BCUT2D eigenvalue weighted by Crippen LogP contribution is 2.38. The molecular weight excluding hydrogens is 224 g/mol. The highest BCUT2D eigenvalue weighted by Gasteiger charge is 2.35. The molecule has 2 heterocycles. The van der Waals surface area contributed by atoms with Crippen molar-refractivity contribution >= 4 is 11.6 Å². The summed E-state index contributed by atoms with van der Waals surface area (Å²) in [6, 6.07) is 0. The summed E-state index contributed by atoms with van der Waals surface area (Å²) in [6.07, 6.45) is 7.44. The van der Waals surface area contributed by atoms with Crippen LogP contribution < -0.4 is 10.2 Å². The lowest BCUT2D eigenvalue weighted by Gasteiger charge is -2.26. The number of hydrogen-bond acceptors (Lipinski definition) is 4. The fourth-order valence-corrected chi connectivity index (χ4v) is 2.73. The predicted octanol–water partition coefficient (Wildman–Crippen LogP) is 2.92. The van der Waals surface area contributed by atoms with Gasteiger partial charge < -0.3 is 10.2 Å². The molecule has 1 fully saturated rings. The van der Waals surface area contributed by atoms with E-state index in [1.165, 1.54) is 19.3 Å². The average Bonchev–Trinajstić information content (AvgIpc) is 2.85. The molecule has 0 saturated carbocycles. The van der Waals surface area contributed by atoms with Gasteiger partial charge in [-0.1, -0.05) is 13.8 Å². The summed E-state index contributed by atoms with van der Waals surface area (Å²) in [5, 5.41) is 3.22. The van der Waals surface area contributed by atoms with Crippen molar-refractivity contribution in [3.63, 3.8) is 0 Å². The van der Waals surface area contributed by atoms with Crippen LogP contribution in [0.1, 0.15) is 40.0 Å². The molecule has 0 bridgehead atoms. The largest absolute Gasteiger partial charge is 0.369 e. The SMILES string of the molecule is CCNc1cncc(N2CCC(CC)(CC)C2)n1. The zero-order valence-electron chi connectivity index (χ0n) is 11.7. The molecule has 1 aromatic heterocycles. The smallest absolute Gasteiger partial charge is 0.149 e.